The van der Waals surface area contributed by atoms with Crippen LogP contribution in [0.15, 0.2) is 42.5 Å². The lowest BCUT2D eigenvalue weighted by molar-refractivity contribution is -0.114. The molecule has 0 aliphatic carbocycles. The van der Waals surface area contributed by atoms with Gasteiger partial charge in [-0.15, -0.1) is 0 Å². The van der Waals surface area contributed by atoms with Gasteiger partial charge in [0.05, 0.1) is 42.6 Å². The first-order valence-electron chi connectivity index (χ1n) is 7.54. The monoisotopic (exact) mass is 376 g/mol. The molecule has 2 aromatic carbocycles. The molecule has 0 aromatic heterocycles. The third kappa shape index (κ3) is 4.97. The van der Waals surface area contributed by atoms with Gasteiger partial charge in [-0.2, -0.15) is 0 Å². The number of esters is 2. The number of benzene rings is 2. The fraction of sp³-hybridized carbons (Fsp3) is 0.167. The summed E-state index contributed by atoms with van der Waals surface area (Å²) in [5.74, 6) is -1.66. The smallest absolute Gasteiger partial charge is 0.337 e. The molecule has 0 radical (unpaired) electrons. The van der Waals surface area contributed by atoms with Gasteiger partial charge in [-0.1, -0.05) is 23.7 Å². The van der Waals surface area contributed by atoms with Crippen LogP contribution in [0.1, 0.15) is 20.7 Å². The number of hydrogen-bond acceptors (Lipinski definition) is 6. The van der Waals surface area contributed by atoms with E-state index in [9.17, 15) is 14.4 Å². The topological polar surface area (TPSA) is 93.7 Å². The fourth-order valence-electron chi connectivity index (χ4n) is 2.16. The Balaban J connectivity index is 2.14. The van der Waals surface area contributed by atoms with Crippen LogP contribution >= 0.6 is 11.6 Å². The van der Waals surface area contributed by atoms with Crippen molar-refractivity contribution in [2.24, 2.45) is 0 Å². The Kier molecular flexibility index (Phi) is 6.57. The molecule has 0 atom stereocenters. The molecule has 0 bridgehead atoms. The SMILES string of the molecule is COC(=O)c1cc(NC(=O)CNc2ccccc2Cl)cc(C(=O)OC)c1. The Morgan fingerprint density at radius 2 is 1.54 bits per heavy atom. The van der Waals surface area contributed by atoms with Crippen LogP contribution in [0.2, 0.25) is 5.02 Å². The number of halogens is 1. The van der Waals surface area contributed by atoms with Crippen LogP contribution in [0, 0.1) is 0 Å². The first-order chi connectivity index (χ1) is 12.4. The molecule has 2 aromatic rings. The zero-order chi connectivity index (χ0) is 19.1. The van der Waals surface area contributed by atoms with Crippen molar-refractivity contribution in [1.29, 1.82) is 0 Å². The number of methoxy groups -OCH3 is 2. The molecule has 1 amide bonds. The Morgan fingerprint density at radius 1 is 0.962 bits per heavy atom. The highest BCUT2D eigenvalue weighted by atomic mass is 35.5. The molecule has 0 saturated carbocycles. The van der Waals surface area contributed by atoms with Crippen LogP contribution in [-0.2, 0) is 14.3 Å². The number of carbonyl (C=O) groups excluding carboxylic acids is 3. The third-order valence-electron chi connectivity index (χ3n) is 3.37. The molecule has 0 aliphatic rings. The molecule has 0 fully saturated rings. The Labute approximate surface area is 155 Å². The highest BCUT2D eigenvalue weighted by molar-refractivity contribution is 6.33. The summed E-state index contributed by atoms with van der Waals surface area (Å²) in [6, 6.07) is 11.1. The summed E-state index contributed by atoms with van der Waals surface area (Å²) >= 11 is 6.01. The lowest BCUT2D eigenvalue weighted by atomic mass is 10.1. The molecule has 0 spiro atoms. The van der Waals surface area contributed by atoms with Crippen molar-refractivity contribution in [2.75, 3.05) is 31.4 Å². The predicted octanol–water partition coefficient (Wildman–Crippen LogP) is 2.96. The van der Waals surface area contributed by atoms with Gasteiger partial charge in [0, 0.05) is 5.69 Å². The van der Waals surface area contributed by atoms with Gasteiger partial charge in [-0.05, 0) is 30.3 Å². The summed E-state index contributed by atoms with van der Waals surface area (Å²) in [5.41, 5.74) is 1.11. The average Bonchev–Trinajstić information content (AvgIpc) is 2.65. The number of carbonyl (C=O) groups is 3. The summed E-state index contributed by atoms with van der Waals surface area (Å²) < 4.78 is 9.30. The molecule has 2 rings (SSSR count). The minimum Gasteiger partial charge on any atom is -0.465 e. The van der Waals surface area contributed by atoms with Crippen LogP contribution in [0.5, 0.6) is 0 Å². The van der Waals surface area contributed by atoms with Gasteiger partial charge >= 0.3 is 11.9 Å². The molecule has 26 heavy (non-hydrogen) atoms. The quantitative estimate of drug-likeness (QED) is 0.753. The van der Waals surface area contributed by atoms with Crippen molar-refractivity contribution >= 4 is 40.8 Å². The van der Waals surface area contributed by atoms with E-state index in [0.29, 0.717) is 10.7 Å². The molecular formula is C18H17ClN2O5. The van der Waals surface area contributed by atoms with Gasteiger partial charge in [-0.3, -0.25) is 4.79 Å². The van der Waals surface area contributed by atoms with Gasteiger partial charge in [0.15, 0.2) is 0 Å². The van der Waals surface area contributed by atoms with Crippen molar-refractivity contribution in [2.45, 2.75) is 0 Å². The molecule has 0 unspecified atom stereocenters. The third-order valence-corrected chi connectivity index (χ3v) is 3.70. The molecule has 2 N–H and O–H groups in total. The zero-order valence-corrected chi connectivity index (χ0v) is 14.9. The van der Waals surface area contributed by atoms with Crippen molar-refractivity contribution in [3.63, 3.8) is 0 Å². The largest absolute Gasteiger partial charge is 0.465 e. The summed E-state index contributed by atoms with van der Waals surface area (Å²) in [6.45, 7) is -0.0558. The maximum absolute atomic E-state index is 12.1. The predicted molar refractivity (Wildman–Crippen MR) is 97.7 cm³/mol. The molecule has 8 heteroatoms. The van der Waals surface area contributed by atoms with Crippen molar-refractivity contribution in [3.8, 4) is 0 Å². The van der Waals surface area contributed by atoms with E-state index in [1.165, 1.54) is 32.4 Å². The van der Waals surface area contributed by atoms with Crippen LogP contribution < -0.4 is 10.6 Å². The van der Waals surface area contributed by atoms with E-state index >= 15 is 0 Å². The van der Waals surface area contributed by atoms with Crippen molar-refractivity contribution in [1.82, 2.24) is 0 Å². The first kappa shape index (κ1) is 19.3. The number of para-hydroxylation sites is 1. The van der Waals surface area contributed by atoms with Crippen LogP contribution in [0.3, 0.4) is 0 Å². The lowest BCUT2D eigenvalue weighted by Gasteiger charge is -2.11. The maximum Gasteiger partial charge on any atom is 0.337 e. The van der Waals surface area contributed by atoms with Gasteiger partial charge in [0.1, 0.15) is 0 Å². The Bertz CT molecular complexity index is 804. The van der Waals surface area contributed by atoms with E-state index in [2.05, 4.69) is 20.1 Å². The number of nitrogens with one attached hydrogen (secondary N) is 2. The normalized spacial score (nSPS) is 9.96. The van der Waals surface area contributed by atoms with Crippen LogP contribution in [0.4, 0.5) is 11.4 Å². The van der Waals surface area contributed by atoms with E-state index in [4.69, 9.17) is 11.6 Å². The van der Waals surface area contributed by atoms with E-state index < -0.39 is 11.9 Å². The number of amides is 1. The molecule has 0 aliphatic heterocycles. The minimum absolute atomic E-state index is 0.0558. The van der Waals surface area contributed by atoms with E-state index in [0.717, 1.165) is 0 Å². The lowest BCUT2D eigenvalue weighted by Crippen LogP contribution is -2.22. The zero-order valence-electron chi connectivity index (χ0n) is 14.2. The first-order valence-corrected chi connectivity index (χ1v) is 7.92. The second-order valence-corrected chi connectivity index (χ2v) is 5.57. The summed E-state index contributed by atoms with van der Waals surface area (Å²) in [6.07, 6.45) is 0. The van der Waals surface area contributed by atoms with E-state index in [1.54, 1.807) is 24.3 Å². The fourth-order valence-corrected chi connectivity index (χ4v) is 2.36. The van der Waals surface area contributed by atoms with Gasteiger partial charge in [0.25, 0.3) is 0 Å². The summed E-state index contributed by atoms with van der Waals surface area (Å²) in [7, 11) is 2.44. The maximum atomic E-state index is 12.1. The number of hydrogen-bond donors (Lipinski definition) is 2. The van der Waals surface area contributed by atoms with E-state index in [1.807, 2.05) is 0 Å². The number of ether oxygens (including phenoxy) is 2. The van der Waals surface area contributed by atoms with Crippen molar-refractivity contribution in [3.05, 3.63) is 58.6 Å². The van der Waals surface area contributed by atoms with Crippen molar-refractivity contribution < 1.29 is 23.9 Å². The minimum atomic E-state index is -0.638. The molecule has 0 saturated heterocycles. The Hall–Kier alpha value is -3.06. The van der Waals surface area contributed by atoms with E-state index in [-0.39, 0.29) is 29.3 Å². The molecule has 0 heterocycles. The van der Waals surface area contributed by atoms with Crippen LogP contribution in [0.25, 0.3) is 0 Å². The van der Waals surface area contributed by atoms with Crippen LogP contribution in [-0.4, -0.2) is 38.6 Å². The second-order valence-electron chi connectivity index (χ2n) is 5.16. The van der Waals surface area contributed by atoms with Gasteiger partial charge < -0.3 is 20.1 Å². The number of rotatable bonds is 6. The second kappa shape index (κ2) is 8.87. The Morgan fingerprint density at radius 3 is 2.08 bits per heavy atom. The standard InChI is InChI=1S/C18H17ClN2O5/c1-25-17(23)11-7-12(18(24)26-2)9-13(8-11)21-16(22)10-20-15-6-4-3-5-14(15)19/h3-9,20H,10H2,1-2H3,(H,21,22). The summed E-state index contributed by atoms with van der Waals surface area (Å²) in [5, 5.41) is 6.00. The molecule has 136 valence electrons. The highest BCUT2D eigenvalue weighted by Gasteiger charge is 2.15. The number of anilines is 2. The summed E-state index contributed by atoms with van der Waals surface area (Å²) in [4.78, 5) is 35.6. The molecular weight excluding hydrogens is 360 g/mol. The average molecular weight is 377 g/mol. The molecule has 7 nitrogen and oxygen atoms in total. The van der Waals surface area contributed by atoms with Gasteiger partial charge in [-0.25, -0.2) is 9.59 Å². The van der Waals surface area contributed by atoms with Gasteiger partial charge in [0.2, 0.25) is 5.91 Å². The highest BCUT2D eigenvalue weighted by Crippen LogP contribution is 2.20.